The summed E-state index contributed by atoms with van der Waals surface area (Å²) in [7, 11) is 0. The summed E-state index contributed by atoms with van der Waals surface area (Å²) >= 11 is 3.18. The first-order chi connectivity index (χ1) is 8.87. The number of nitrogens with one attached hydrogen (secondary N) is 2. The lowest BCUT2D eigenvalue weighted by Gasteiger charge is -2.19. The molecule has 1 aromatic heterocycles. The highest BCUT2D eigenvalue weighted by molar-refractivity contribution is 7.98. The zero-order valence-corrected chi connectivity index (χ0v) is 13.0. The van der Waals surface area contributed by atoms with Gasteiger partial charge in [0, 0.05) is 10.4 Å². The maximum absolute atomic E-state index is 11.8. The van der Waals surface area contributed by atoms with Crippen LogP contribution in [0.5, 0.6) is 0 Å². The van der Waals surface area contributed by atoms with Crippen molar-refractivity contribution in [1.29, 1.82) is 0 Å². The van der Waals surface area contributed by atoms with Crippen LogP contribution in [0.25, 0.3) is 10.2 Å². The molecule has 0 radical (unpaired) electrons. The highest BCUT2D eigenvalue weighted by Gasteiger charge is 2.15. The van der Waals surface area contributed by atoms with E-state index in [-0.39, 0.29) is 11.6 Å². The Kier molecular flexibility index (Phi) is 4.01. The molecule has 0 saturated heterocycles. The normalized spacial score (nSPS) is 11.6. The standard InChI is InChI=1S/C13H17N3OS2/c1-13(2,3)16-11(17)15-12-14-9-6-5-8(18-4)7-10(9)19-12/h5-7H,1-4H3,(H2,14,15,16,17). The van der Waals surface area contributed by atoms with Crippen LogP contribution >= 0.6 is 23.1 Å². The number of thiazole rings is 1. The summed E-state index contributed by atoms with van der Waals surface area (Å²) in [5.74, 6) is 0. The molecular weight excluding hydrogens is 278 g/mol. The van der Waals surface area contributed by atoms with Gasteiger partial charge in [-0.1, -0.05) is 11.3 Å². The van der Waals surface area contributed by atoms with Gasteiger partial charge in [0.05, 0.1) is 10.2 Å². The van der Waals surface area contributed by atoms with Crippen molar-refractivity contribution in [1.82, 2.24) is 10.3 Å². The number of hydrogen-bond donors (Lipinski definition) is 2. The zero-order chi connectivity index (χ0) is 14.0. The molecule has 19 heavy (non-hydrogen) atoms. The average molecular weight is 295 g/mol. The summed E-state index contributed by atoms with van der Waals surface area (Å²) < 4.78 is 1.08. The van der Waals surface area contributed by atoms with Gasteiger partial charge in [0.25, 0.3) is 0 Å². The fraction of sp³-hybridized carbons (Fsp3) is 0.385. The molecule has 0 atom stereocenters. The van der Waals surface area contributed by atoms with E-state index >= 15 is 0 Å². The van der Waals surface area contributed by atoms with Gasteiger partial charge in [-0.3, -0.25) is 5.32 Å². The summed E-state index contributed by atoms with van der Waals surface area (Å²) in [5.41, 5.74) is 0.654. The van der Waals surface area contributed by atoms with E-state index in [1.807, 2.05) is 39.2 Å². The topological polar surface area (TPSA) is 54.0 Å². The number of rotatable bonds is 2. The summed E-state index contributed by atoms with van der Waals surface area (Å²) in [4.78, 5) is 17.4. The fourth-order valence-corrected chi connectivity index (χ4v) is 2.97. The number of carbonyl (C=O) groups excluding carboxylic acids is 1. The number of carbonyl (C=O) groups is 1. The highest BCUT2D eigenvalue weighted by Crippen LogP contribution is 2.29. The third kappa shape index (κ3) is 3.84. The first-order valence-electron chi connectivity index (χ1n) is 5.91. The van der Waals surface area contributed by atoms with Gasteiger partial charge in [0.2, 0.25) is 0 Å². The van der Waals surface area contributed by atoms with Crippen molar-refractivity contribution >= 4 is 44.5 Å². The molecule has 0 spiro atoms. The first kappa shape index (κ1) is 14.1. The fourth-order valence-electron chi connectivity index (χ4n) is 1.55. The molecule has 2 rings (SSSR count). The second kappa shape index (κ2) is 5.38. The van der Waals surface area contributed by atoms with E-state index in [9.17, 15) is 4.79 Å². The Hall–Kier alpha value is -1.27. The van der Waals surface area contributed by atoms with Gasteiger partial charge >= 0.3 is 6.03 Å². The van der Waals surface area contributed by atoms with Crippen LogP contribution < -0.4 is 10.6 Å². The van der Waals surface area contributed by atoms with Crippen LogP contribution in [0.4, 0.5) is 9.93 Å². The van der Waals surface area contributed by atoms with Gasteiger partial charge in [-0.15, -0.1) is 11.8 Å². The van der Waals surface area contributed by atoms with Gasteiger partial charge in [0.1, 0.15) is 0 Å². The third-order valence-electron chi connectivity index (χ3n) is 2.30. The third-order valence-corrected chi connectivity index (χ3v) is 3.96. The maximum Gasteiger partial charge on any atom is 0.321 e. The Labute approximate surface area is 121 Å². The highest BCUT2D eigenvalue weighted by atomic mass is 32.2. The second-order valence-corrected chi connectivity index (χ2v) is 7.09. The molecule has 0 aliphatic rings. The molecule has 4 nitrogen and oxygen atoms in total. The van der Waals surface area contributed by atoms with Gasteiger partial charge in [-0.05, 0) is 45.2 Å². The average Bonchev–Trinajstić information content (AvgIpc) is 2.66. The number of urea groups is 1. The minimum atomic E-state index is -0.257. The van der Waals surface area contributed by atoms with E-state index in [0.29, 0.717) is 5.13 Å². The van der Waals surface area contributed by atoms with Crippen LogP contribution in [-0.4, -0.2) is 22.8 Å². The molecule has 0 saturated carbocycles. The van der Waals surface area contributed by atoms with Crippen molar-refractivity contribution in [2.75, 3.05) is 11.6 Å². The molecule has 0 unspecified atom stereocenters. The molecule has 0 bridgehead atoms. The number of anilines is 1. The SMILES string of the molecule is CSc1ccc2nc(NC(=O)NC(C)(C)C)sc2c1. The molecule has 0 fully saturated rings. The molecule has 0 aliphatic heterocycles. The molecule has 102 valence electrons. The summed E-state index contributed by atoms with van der Waals surface area (Å²) in [6.45, 7) is 5.82. The van der Waals surface area contributed by atoms with Crippen molar-refractivity contribution < 1.29 is 4.79 Å². The Balaban J connectivity index is 2.15. The summed E-state index contributed by atoms with van der Waals surface area (Å²) in [6, 6.07) is 5.87. The van der Waals surface area contributed by atoms with Crippen LogP contribution in [0.2, 0.25) is 0 Å². The van der Waals surface area contributed by atoms with Crippen molar-refractivity contribution in [2.24, 2.45) is 0 Å². The minimum absolute atomic E-state index is 0.225. The van der Waals surface area contributed by atoms with E-state index in [2.05, 4.69) is 21.7 Å². The Morgan fingerprint density at radius 3 is 2.74 bits per heavy atom. The Morgan fingerprint density at radius 1 is 1.37 bits per heavy atom. The van der Waals surface area contributed by atoms with Crippen molar-refractivity contribution in [3.05, 3.63) is 18.2 Å². The van der Waals surface area contributed by atoms with Crippen LogP contribution in [0.15, 0.2) is 23.1 Å². The second-order valence-electron chi connectivity index (χ2n) is 5.18. The molecule has 2 amide bonds. The predicted octanol–water partition coefficient (Wildman–Crippen LogP) is 3.94. The van der Waals surface area contributed by atoms with Crippen LogP contribution in [0, 0.1) is 0 Å². The van der Waals surface area contributed by atoms with Gasteiger partial charge in [0.15, 0.2) is 5.13 Å². The lowest BCUT2D eigenvalue weighted by molar-refractivity contribution is 0.244. The van der Waals surface area contributed by atoms with Gasteiger partial charge in [-0.25, -0.2) is 9.78 Å². The molecular formula is C13H17N3OS2. The largest absolute Gasteiger partial charge is 0.333 e. The number of thioether (sulfide) groups is 1. The van der Waals surface area contributed by atoms with Crippen molar-refractivity contribution in [3.8, 4) is 0 Å². The van der Waals surface area contributed by atoms with Crippen molar-refractivity contribution in [2.45, 2.75) is 31.2 Å². The summed E-state index contributed by atoms with van der Waals surface area (Å²) in [5, 5.41) is 6.24. The monoisotopic (exact) mass is 295 g/mol. The smallest absolute Gasteiger partial charge is 0.321 e. The van der Waals surface area contributed by atoms with Crippen LogP contribution in [0.3, 0.4) is 0 Å². The zero-order valence-electron chi connectivity index (χ0n) is 11.4. The summed E-state index contributed by atoms with van der Waals surface area (Å²) in [6.07, 6.45) is 2.04. The first-order valence-corrected chi connectivity index (χ1v) is 7.95. The van der Waals surface area contributed by atoms with E-state index in [4.69, 9.17) is 0 Å². The van der Waals surface area contributed by atoms with Crippen LogP contribution in [-0.2, 0) is 0 Å². The molecule has 1 heterocycles. The molecule has 1 aromatic carbocycles. The molecule has 0 aliphatic carbocycles. The Morgan fingerprint density at radius 2 is 2.11 bits per heavy atom. The number of hydrogen-bond acceptors (Lipinski definition) is 4. The lowest BCUT2D eigenvalue weighted by atomic mass is 10.1. The number of aromatic nitrogens is 1. The van der Waals surface area contributed by atoms with E-state index < -0.39 is 0 Å². The number of amides is 2. The Bertz CT molecular complexity index is 601. The molecule has 2 aromatic rings. The number of nitrogens with zero attached hydrogens (tertiary/aromatic N) is 1. The molecule has 6 heteroatoms. The van der Waals surface area contributed by atoms with Crippen LogP contribution in [0.1, 0.15) is 20.8 Å². The quantitative estimate of drug-likeness (QED) is 0.825. The number of fused-ring (bicyclic) bond motifs is 1. The van der Waals surface area contributed by atoms with Gasteiger partial charge < -0.3 is 5.32 Å². The van der Waals surface area contributed by atoms with E-state index in [0.717, 1.165) is 10.2 Å². The van der Waals surface area contributed by atoms with Gasteiger partial charge in [-0.2, -0.15) is 0 Å². The number of benzene rings is 1. The lowest BCUT2D eigenvalue weighted by Crippen LogP contribution is -2.43. The predicted molar refractivity (Wildman–Crippen MR) is 83.3 cm³/mol. The molecule has 2 N–H and O–H groups in total. The maximum atomic E-state index is 11.8. The minimum Gasteiger partial charge on any atom is -0.333 e. The van der Waals surface area contributed by atoms with E-state index in [1.165, 1.54) is 16.2 Å². The van der Waals surface area contributed by atoms with E-state index in [1.54, 1.807) is 11.8 Å². The van der Waals surface area contributed by atoms with Crippen molar-refractivity contribution in [3.63, 3.8) is 0 Å².